The second-order valence-corrected chi connectivity index (χ2v) is 7.85. The number of halogens is 4. The summed E-state index contributed by atoms with van der Waals surface area (Å²) in [5, 5.41) is 4.51. The summed E-state index contributed by atoms with van der Waals surface area (Å²) in [5.41, 5.74) is 6.53. The Morgan fingerprint density at radius 3 is 2.47 bits per heavy atom. The summed E-state index contributed by atoms with van der Waals surface area (Å²) in [6.07, 6.45) is -4.00. The largest absolute Gasteiger partial charge is 0.496 e. The summed E-state index contributed by atoms with van der Waals surface area (Å²) in [4.78, 5) is 29.6. The van der Waals surface area contributed by atoms with Crippen LogP contribution in [0.4, 0.5) is 18.9 Å². The number of anilines is 1. The predicted molar refractivity (Wildman–Crippen MR) is 125 cm³/mol. The molecule has 0 unspecified atom stereocenters. The van der Waals surface area contributed by atoms with Crippen molar-refractivity contribution in [1.82, 2.24) is 9.78 Å². The molecule has 9 nitrogen and oxygen atoms in total. The molecule has 0 fully saturated rings. The Morgan fingerprint density at radius 2 is 1.89 bits per heavy atom. The average Bonchev–Trinajstić information content (AvgIpc) is 3.17. The van der Waals surface area contributed by atoms with E-state index in [0.29, 0.717) is 17.0 Å². The molecule has 2 N–H and O–H groups in total. The monoisotopic (exact) mass is 526 g/mol. The van der Waals surface area contributed by atoms with Crippen LogP contribution in [0.2, 0.25) is 5.02 Å². The number of hydrogen-bond donors (Lipinski definition) is 1. The molecule has 0 aliphatic heterocycles. The summed E-state index contributed by atoms with van der Waals surface area (Å²) >= 11 is 6.28. The molecule has 192 valence electrons. The van der Waals surface area contributed by atoms with Crippen molar-refractivity contribution in [2.24, 2.45) is 12.8 Å². The second kappa shape index (κ2) is 10.9. The molecule has 0 aliphatic rings. The highest BCUT2D eigenvalue weighted by atomic mass is 35.5. The number of methoxy groups -OCH3 is 1. The first-order valence-electron chi connectivity index (χ1n) is 10.4. The Bertz CT molecular complexity index is 1260. The molecule has 0 aliphatic carbocycles. The number of nitrogens with two attached hydrogens (primary N) is 1. The molecule has 0 spiro atoms. The van der Waals surface area contributed by atoms with E-state index in [1.54, 1.807) is 20.0 Å². The molecule has 1 amide bonds. The third kappa shape index (κ3) is 5.71. The van der Waals surface area contributed by atoms with Gasteiger partial charge in [0.25, 0.3) is 5.91 Å². The highest BCUT2D eigenvalue weighted by Crippen LogP contribution is 2.38. The van der Waals surface area contributed by atoms with Crippen LogP contribution in [-0.4, -0.2) is 48.1 Å². The van der Waals surface area contributed by atoms with Crippen LogP contribution in [0.25, 0.3) is 11.3 Å². The van der Waals surface area contributed by atoms with Crippen molar-refractivity contribution in [1.29, 1.82) is 0 Å². The minimum absolute atomic E-state index is 0.0870. The molecule has 13 heteroatoms. The summed E-state index contributed by atoms with van der Waals surface area (Å²) < 4.78 is 51.5. The summed E-state index contributed by atoms with van der Waals surface area (Å²) in [6.45, 7) is 2.03. The van der Waals surface area contributed by atoms with Crippen LogP contribution in [0, 0.1) is 6.92 Å². The lowest BCUT2D eigenvalue weighted by molar-refractivity contribution is -0.199. The second-order valence-electron chi connectivity index (χ2n) is 7.44. The van der Waals surface area contributed by atoms with Crippen LogP contribution in [0.5, 0.6) is 11.5 Å². The van der Waals surface area contributed by atoms with E-state index in [0.717, 1.165) is 0 Å². The minimum Gasteiger partial charge on any atom is -0.496 e. The van der Waals surface area contributed by atoms with Crippen LogP contribution in [0.1, 0.15) is 15.9 Å². The molecule has 0 atom stereocenters. The first-order valence-corrected chi connectivity index (χ1v) is 10.8. The molecule has 1 aromatic heterocycles. The molecule has 1 heterocycles. The number of aromatic nitrogens is 2. The quantitative estimate of drug-likeness (QED) is 0.462. The van der Waals surface area contributed by atoms with Gasteiger partial charge in [-0.15, -0.1) is 5.06 Å². The molecular formula is C23H22ClF3N4O5. The normalized spacial score (nSPS) is 11.2. The fourth-order valence-electron chi connectivity index (χ4n) is 3.25. The zero-order chi connectivity index (χ0) is 26.6. The van der Waals surface area contributed by atoms with Crippen LogP contribution in [-0.2, 0) is 16.7 Å². The minimum atomic E-state index is -5.36. The first kappa shape index (κ1) is 26.8. The van der Waals surface area contributed by atoms with Gasteiger partial charge in [-0.3, -0.25) is 9.48 Å². The van der Waals surface area contributed by atoms with Gasteiger partial charge in [-0.25, -0.2) is 4.79 Å². The van der Waals surface area contributed by atoms with E-state index < -0.39 is 18.1 Å². The molecule has 2 aromatic carbocycles. The van der Waals surface area contributed by atoms with E-state index in [-0.39, 0.29) is 45.8 Å². The lowest BCUT2D eigenvalue weighted by atomic mass is 10.1. The first-order chi connectivity index (χ1) is 17.0. The van der Waals surface area contributed by atoms with Crippen molar-refractivity contribution in [3.8, 4) is 22.8 Å². The number of rotatable bonds is 7. The molecule has 36 heavy (non-hydrogen) atoms. The Hall–Kier alpha value is -3.77. The number of carbonyl (C=O) groups is 2. The average molecular weight is 527 g/mol. The zero-order valence-electron chi connectivity index (χ0n) is 19.4. The number of alkyl halides is 3. The number of nitrogens with zero attached hydrogens (tertiary/aromatic N) is 3. The topological polar surface area (TPSA) is 109 Å². The van der Waals surface area contributed by atoms with Gasteiger partial charge in [-0.1, -0.05) is 17.7 Å². The standard InChI is InChI=1S/C23H22ClF3N4O5/c1-13-4-5-14(10-19(13)34-3)21(32)31(36-22(33)23(25,26)27)15-6-7-18(35-9-8-28)16(11-15)20-17(24)12-29-30(20)2/h4-7,10-12H,8-9,28H2,1-3H3. The Morgan fingerprint density at radius 1 is 1.17 bits per heavy atom. The number of hydroxylamine groups is 1. The van der Waals surface area contributed by atoms with E-state index in [1.807, 2.05) is 0 Å². The number of aryl methyl sites for hydroxylation is 2. The molecular weight excluding hydrogens is 505 g/mol. The van der Waals surface area contributed by atoms with Gasteiger partial charge < -0.3 is 20.0 Å². The maximum Gasteiger partial charge on any atom is 0.493 e. The lowest BCUT2D eigenvalue weighted by Crippen LogP contribution is -2.38. The maximum absolute atomic E-state index is 13.3. The van der Waals surface area contributed by atoms with Gasteiger partial charge in [-0.05, 0) is 42.8 Å². The van der Waals surface area contributed by atoms with Crippen LogP contribution in [0.3, 0.4) is 0 Å². The van der Waals surface area contributed by atoms with E-state index in [1.165, 1.54) is 48.3 Å². The number of ether oxygens (including phenoxy) is 2. The summed E-state index contributed by atoms with van der Waals surface area (Å²) in [6, 6.07) is 8.17. The van der Waals surface area contributed by atoms with Crippen molar-refractivity contribution in [3.63, 3.8) is 0 Å². The molecule has 0 saturated heterocycles. The van der Waals surface area contributed by atoms with Gasteiger partial charge >= 0.3 is 12.1 Å². The smallest absolute Gasteiger partial charge is 0.493 e. The summed E-state index contributed by atoms with van der Waals surface area (Å²) in [7, 11) is 2.97. The molecule has 3 rings (SSSR count). The molecule has 0 bridgehead atoms. The highest BCUT2D eigenvalue weighted by molar-refractivity contribution is 6.33. The maximum atomic E-state index is 13.3. The Kier molecular flexibility index (Phi) is 8.10. The van der Waals surface area contributed by atoms with E-state index in [9.17, 15) is 22.8 Å². The number of benzene rings is 2. The van der Waals surface area contributed by atoms with E-state index in [2.05, 4.69) is 9.94 Å². The van der Waals surface area contributed by atoms with Gasteiger partial charge in [0.05, 0.1) is 29.7 Å². The van der Waals surface area contributed by atoms with Gasteiger partial charge in [0, 0.05) is 24.7 Å². The van der Waals surface area contributed by atoms with Crippen molar-refractivity contribution in [2.75, 3.05) is 25.3 Å². The van der Waals surface area contributed by atoms with Gasteiger partial charge in [-0.2, -0.15) is 18.3 Å². The van der Waals surface area contributed by atoms with Crippen molar-refractivity contribution < 1.29 is 37.1 Å². The van der Waals surface area contributed by atoms with E-state index in [4.69, 9.17) is 26.8 Å². The Balaban J connectivity index is 2.16. The summed E-state index contributed by atoms with van der Waals surface area (Å²) in [5.74, 6) is -3.06. The van der Waals surface area contributed by atoms with Gasteiger partial charge in [0.15, 0.2) is 0 Å². The van der Waals surface area contributed by atoms with Gasteiger partial charge in [0.1, 0.15) is 18.1 Å². The fourth-order valence-corrected chi connectivity index (χ4v) is 3.52. The zero-order valence-corrected chi connectivity index (χ0v) is 20.2. The number of hydrogen-bond acceptors (Lipinski definition) is 7. The van der Waals surface area contributed by atoms with E-state index >= 15 is 0 Å². The van der Waals surface area contributed by atoms with Crippen LogP contribution < -0.4 is 20.3 Å². The third-order valence-corrected chi connectivity index (χ3v) is 5.24. The molecule has 3 aromatic rings. The fraction of sp³-hybridized carbons (Fsp3) is 0.261. The van der Waals surface area contributed by atoms with Gasteiger partial charge in [0.2, 0.25) is 0 Å². The molecule has 0 saturated carbocycles. The SMILES string of the molecule is COc1cc(C(=O)N(OC(=O)C(F)(F)F)c2ccc(OCCN)c(-c3c(Cl)cnn3C)c2)ccc1C. The van der Waals surface area contributed by atoms with Crippen LogP contribution >= 0.6 is 11.6 Å². The van der Waals surface area contributed by atoms with Crippen molar-refractivity contribution in [3.05, 3.63) is 58.7 Å². The number of amides is 1. The Labute approximate surface area is 209 Å². The lowest BCUT2D eigenvalue weighted by Gasteiger charge is -2.23. The molecule has 0 radical (unpaired) electrons. The highest BCUT2D eigenvalue weighted by Gasteiger charge is 2.44. The van der Waals surface area contributed by atoms with Crippen molar-refractivity contribution >= 4 is 29.2 Å². The predicted octanol–water partition coefficient (Wildman–Crippen LogP) is 4.06. The van der Waals surface area contributed by atoms with Crippen LogP contribution in [0.15, 0.2) is 42.6 Å². The third-order valence-electron chi connectivity index (χ3n) is 4.97. The van der Waals surface area contributed by atoms with Crippen molar-refractivity contribution in [2.45, 2.75) is 13.1 Å². The number of carbonyl (C=O) groups excluding carboxylic acids is 2.